The first-order valence-electron chi connectivity index (χ1n) is 2.76. The van der Waals surface area contributed by atoms with E-state index in [0.29, 0.717) is 6.54 Å². The van der Waals surface area contributed by atoms with E-state index < -0.39 is 10.3 Å². The van der Waals surface area contributed by atoms with E-state index in [1.54, 1.807) is 13.8 Å². The molecule has 0 amide bonds. The fourth-order valence-electron chi connectivity index (χ4n) is 0.374. The summed E-state index contributed by atoms with van der Waals surface area (Å²) in [6.07, 6.45) is 0. The SMILES string of the molecule is CCNS(=O)(=O)OCC.Cl. The summed E-state index contributed by atoms with van der Waals surface area (Å²) < 4.78 is 27.5. The van der Waals surface area contributed by atoms with Crippen LogP contribution in [0.5, 0.6) is 0 Å². The Hall–Kier alpha value is 0.160. The molecule has 0 aliphatic heterocycles. The summed E-state index contributed by atoms with van der Waals surface area (Å²) in [5.74, 6) is 0. The lowest BCUT2D eigenvalue weighted by Gasteiger charge is -2.00. The zero-order valence-corrected chi connectivity index (χ0v) is 7.59. The molecule has 0 fully saturated rings. The van der Waals surface area contributed by atoms with E-state index >= 15 is 0 Å². The van der Waals surface area contributed by atoms with Gasteiger partial charge in [-0.05, 0) is 6.92 Å². The Balaban J connectivity index is 0. The topological polar surface area (TPSA) is 55.4 Å². The summed E-state index contributed by atoms with van der Waals surface area (Å²) in [4.78, 5) is 0. The normalized spacial score (nSPS) is 10.6. The van der Waals surface area contributed by atoms with E-state index in [1.807, 2.05) is 0 Å². The van der Waals surface area contributed by atoms with Crippen LogP contribution in [0.4, 0.5) is 0 Å². The van der Waals surface area contributed by atoms with Gasteiger partial charge in [0.2, 0.25) is 0 Å². The van der Waals surface area contributed by atoms with Crippen LogP contribution in [-0.2, 0) is 14.5 Å². The molecule has 6 heteroatoms. The third-order valence-corrected chi connectivity index (χ3v) is 1.78. The fourth-order valence-corrected chi connectivity index (χ4v) is 1.12. The van der Waals surface area contributed by atoms with Gasteiger partial charge in [-0.3, -0.25) is 4.18 Å². The highest BCUT2D eigenvalue weighted by Gasteiger charge is 2.04. The van der Waals surface area contributed by atoms with Crippen molar-refractivity contribution in [2.24, 2.45) is 0 Å². The summed E-state index contributed by atoms with van der Waals surface area (Å²) in [7, 11) is -3.43. The second kappa shape index (κ2) is 5.91. The molecule has 0 aliphatic carbocycles. The third kappa shape index (κ3) is 6.28. The lowest BCUT2D eigenvalue weighted by molar-refractivity contribution is 0.331. The lowest BCUT2D eigenvalue weighted by Crippen LogP contribution is -2.25. The second-order valence-corrected chi connectivity index (χ2v) is 2.79. The highest BCUT2D eigenvalue weighted by atomic mass is 35.5. The minimum absolute atomic E-state index is 0. The highest BCUT2D eigenvalue weighted by molar-refractivity contribution is 7.84. The lowest BCUT2D eigenvalue weighted by atomic mass is 10.8. The van der Waals surface area contributed by atoms with Gasteiger partial charge in [-0.15, -0.1) is 12.4 Å². The van der Waals surface area contributed by atoms with Gasteiger partial charge in [0.25, 0.3) is 0 Å². The van der Waals surface area contributed by atoms with Crippen molar-refractivity contribution >= 4 is 22.7 Å². The molecule has 0 bridgehead atoms. The molecule has 0 heterocycles. The molecule has 0 spiro atoms. The minimum atomic E-state index is -3.43. The van der Waals surface area contributed by atoms with Crippen molar-refractivity contribution in [3.63, 3.8) is 0 Å². The first-order chi connectivity index (χ1) is 4.12. The van der Waals surface area contributed by atoms with E-state index in [4.69, 9.17) is 0 Å². The van der Waals surface area contributed by atoms with Gasteiger partial charge in [-0.1, -0.05) is 6.92 Å². The van der Waals surface area contributed by atoms with Gasteiger partial charge >= 0.3 is 10.3 Å². The average molecular weight is 190 g/mol. The number of nitrogens with one attached hydrogen (secondary N) is 1. The number of halogens is 1. The largest absolute Gasteiger partial charge is 0.335 e. The average Bonchev–Trinajstić information content (AvgIpc) is 1.64. The summed E-state index contributed by atoms with van der Waals surface area (Å²) >= 11 is 0. The van der Waals surface area contributed by atoms with E-state index in [9.17, 15) is 8.42 Å². The van der Waals surface area contributed by atoms with Gasteiger partial charge in [0.15, 0.2) is 0 Å². The first-order valence-corrected chi connectivity index (χ1v) is 4.17. The molecule has 0 saturated heterocycles. The smallest absolute Gasteiger partial charge is 0.258 e. The second-order valence-electron chi connectivity index (χ2n) is 1.36. The van der Waals surface area contributed by atoms with Crippen LogP contribution in [0.15, 0.2) is 0 Å². The Morgan fingerprint density at radius 3 is 2.20 bits per heavy atom. The van der Waals surface area contributed by atoms with Crippen LogP contribution in [0.2, 0.25) is 0 Å². The predicted octanol–water partition coefficient (Wildman–Crippen LogP) is 0.299. The van der Waals surface area contributed by atoms with Crippen LogP contribution < -0.4 is 4.72 Å². The van der Waals surface area contributed by atoms with Crippen LogP contribution in [0.1, 0.15) is 13.8 Å². The molecule has 10 heavy (non-hydrogen) atoms. The van der Waals surface area contributed by atoms with Crippen molar-refractivity contribution in [3.05, 3.63) is 0 Å². The van der Waals surface area contributed by atoms with Crippen LogP contribution in [0.25, 0.3) is 0 Å². The Kier molecular flexibility index (Phi) is 7.56. The molecule has 64 valence electrons. The van der Waals surface area contributed by atoms with Crippen molar-refractivity contribution < 1.29 is 12.6 Å². The van der Waals surface area contributed by atoms with Gasteiger partial charge in [0, 0.05) is 6.54 Å². The van der Waals surface area contributed by atoms with E-state index in [1.165, 1.54) is 0 Å². The van der Waals surface area contributed by atoms with E-state index in [-0.39, 0.29) is 19.0 Å². The Morgan fingerprint density at radius 2 is 1.90 bits per heavy atom. The first kappa shape index (κ1) is 12.8. The van der Waals surface area contributed by atoms with Crippen molar-refractivity contribution in [1.82, 2.24) is 4.72 Å². The Bertz CT molecular complexity index is 144. The number of rotatable bonds is 4. The van der Waals surface area contributed by atoms with Gasteiger partial charge < -0.3 is 0 Å². The molecular weight excluding hydrogens is 178 g/mol. The Labute approximate surface area is 67.6 Å². The molecule has 1 N–H and O–H groups in total. The number of hydrogen-bond acceptors (Lipinski definition) is 3. The molecule has 0 atom stereocenters. The zero-order chi connectivity index (χ0) is 7.33. The molecule has 0 aromatic carbocycles. The molecule has 0 aliphatic rings. The maximum Gasteiger partial charge on any atom is 0.335 e. The molecule has 0 radical (unpaired) electrons. The van der Waals surface area contributed by atoms with Crippen molar-refractivity contribution in [2.45, 2.75) is 13.8 Å². The summed E-state index contributed by atoms with van der Waals surface area (Å²) in [5, 5.41) is 0. The number of hydrogen-bond donors (Lipinski definition) is 1. The molecule has 0 aromatic heterocycles. The summed E-state index contributed by atoms with van der Waals surface area (Å²) in [6, 6.07) is 0. The molecule has 0 saturated carbocycles. The zero-order valence-electron chi connectivity index (χ0n) is 5.96. The van der Waals surface area contributed by atoms with Crippen LogP contribution in [0.3, 0.4) is 0 Å². The monoisotopic (exact) mass is 189 g/mol. The van der Waals surface area contributed by atoms with Gasteiger partial charge in [-0.2, -0.15) is 13.1 Å². The molecular formula is C4H12ClNO3S. The maximum absolute atomic E-state index is 10.5. The summed E-state index contributed by atoms with van der Waals surface area (Å²) in [5.41, 5.74) is 0. The summed E-state index contributed by atoms with van der Waals surface area (Å²) in [6.45, 7) is 3.85. The Morgan fingerprint density at radius 1 is 1.40 bits per heavy atom. The van der Waals surface area contributed by atoms with E-state index in [0.717, 1.165) is 0 Å². The molecule has 0 unspecified atom stereocenters. The van der Waals surface area contributed by atoms with Gasteiger partial charge in [0.05, 0.1) is 6.61 Å². The van der Waals surface area contributed by atoms with Crippen LogP contribution in [-0.4, -0.2) is 21.6 Å². The quantitative estimate of drug-likeness (QED) is 0.692. The van der Waals surface area contributed by atoms with Crippen LogP contribution in [0, 0.1) is 0 Å². The van der Waals surface area contributed by atoms with Crippen molar-refractivity contribution in [2.75, 3.05) is 13.2 Å². The van der Waals surface area contributed by atoms with Gasteiger partial charge in [0.1, 0.15) is 0 Å². The molecule has 0 rings (SSSR count). The minimum Gasteiger partial charge on any atom is -0.258 e. The predicted molar refractivity (Wildman–Crippen MR) is 41.5 cm³/mol. The van der Waals surface area contributed by atoms with Crippen LogP contribution >= 0.6 is 12.4 Å². The highest BCUT2D eigenvalue weighted by Crippen LogP contribution is 1.83. The third-order valence-electron chi connectivity index (χ3n) is 0.594. The van der Waals surface area contributed by atoms with Crippen molar-refractivity contribution in [1.29, 1.82) is 0 Å². The standard InChI is InChI=1S/C4H11NO3S.ClH/c1-3-5-9(6,7)8-4-2;/h5H,3-4H2,1-2H3;1H. The molecule has 0 aromatic rings. The van der Waals surface area contributed by atoms with Gasteiger partial charge in [-0.25, -0.2) is 0 Å². The molecule has 4 nitrogen and oxygen atoms in total. The fraction of sp³-hybridized carbons (Fsp3) is 1.00. The van der Waals surface area contributed by atoms with E-state index in [2.05, 4.69) is 8.91 Å². The maximum atomic E-state index is 10.5. The van der Waals surface area contributed by atoms with Crippen molar-refractivity contribution in [3.8, 4) is 0 Å².